The van der Waals surface area contributed by atoms with Crippen LogP contribution in [0.4, 0.5) is 17.7 Å². The number of halogens is 5. The number of hydrogen-bond donors (Lipinski definition) is 0. The summed E-state index contributed by atoms with van der Waals surface area (Å²) in [6.45, 7) is 21.5. The van der Waals surface area contributed by atoms with E-state index in [1.54, 1.807) is 62.2 Å². The van der Waals surface area contributed by atoms with Gasteiger partial charge in [-0.2, -0.15) is 0 Å². The predicted octanol–water partition coefficient (Wildman–Crippen LogP) is 13.6. The zero-order valence-corrected chi connectivity index (χ0v) is 40.0. The van der Waals surface area contributed by atoms with Crippen LogP contribution < -0.4 is 0 Å². The summed E-state index contributed by atoms with van der Waals surface area (Å²) in [6, 6.07) is 12.3. The molecule has 0 atom stereocenters. The second kappa shape index (κ2) is 25.0. The van der Waals surface area contributed by atoms with Gasteiger partial charge < -0.3 is 28.4 Å². The molecule has 0 heterocycles. The fourth-order valence-electron chi connectivity index (χ4n) is 5.73. The van der Waals surface area contributed by atoms with Gasteiger partial charge in [-0.3, -0.25) is 0 Å². The minimum atomic E-state index is -5.33. The van der Waals surface area contributed by atoms with E-state index in [-0.39, 0.29) is 40.6 Å². The van der Waals surface area contributed by atoms with Crippen LogP contribution in [0.2, 0.25) is 0 Å². The molecule has 0 aromatic heterocycles. The van der Waals surface area contributed by atoms with E-state index in [1.807, 2.05) is 20.8 Å². The summed E-state index contributed by atoms with van der Waals surface area (Å²) < 4.78 is 91.6. The van der Waals surface area contributed by atoms with Gasteiger partial charge in [0.1, 0.15) is 0 Å². The molecule has 0 unspecified atom stereocenters. The fourth-order valence-corrected chi connectivity index (χ4v) is 9.41. The third-order valence-corrected chi connectivity index (χ3v) is 12.3. The van der Waals surface area contributed by atoms with Crippen molar-refractivity contribution in [3.05, 3.63) is 86.5 Å². The Kier molecular flexibility index (Phi) is 23.6. The summed E-state index contributed by atoms with van der Waals surface area (Å²) in [6.07, 6.45) is 0. The van der Waals surface area contributed by atoms with E-state index in [0.717, 1.165) is 5.56 Å². The minimum absolute atomic E-state index is 0.0430. The number of benzene rings is 3. The topological polar surface area (TPSA) is 55.4 Å². The Morgan fingerprint density at radius 2 is 0.632 bits per heavy atom. The van der Waals surface area contributed by atoms with Crippen molar-refractivity contribution in [3.63, 3.8) is 0 Å². The van der Waals surface area contributed by atoms with Gasteiger partial charge in [-0.15, -0.1) is 11.7 Å². The molecule has 15 heteroatoms. The summed E-state index contributed by atoms with van der Waals surface area (Å²) in [5.74, 6) is 0. The summed E-state index contributed by atoms with van der Waals surface area (Å²) >= 11 is -7.26. The van der Waals surface area contributed by atoms with E-state index in [2.05, 4.69) is 65.8 Å². The average Bonchev–Trinajstić information content (AvgIpc) is 3.08. The molecule has 0 spiro atoms. The maximum atomic E-state index is 13.4. The molecule has 0 fully saturated rings. The van der Waals surface area contributed by atoms with Crippen LogP contribution in [0.1, 0.15) is 112 Å². The Hall–Kier alpha value is -1.14. The van der Waals surface area contributed by atoms with Gasteiger partial charge in [-0.25, -0.2) is 0 Å². The molecule has 3 aromatic carbocycles. The van der Waals surface area contributed by atoms with Gasteiger partial charge in [0.15, 0.2) is 0 Å². The molecule has 331 valence electrons. The first-order valence-corrected chi connectivity index (χ1v) is 22.6. The van der Waals surface area contributed by atoms with Crippen LogP contribution in [0.25, 0.3) is 0 Å². The molecule has 0 saturated heterocycles. The van der Waals surface area contributed by atoms with Crippen LogP contribution in [-0.4, -0.2) is 42.7 Å². The molecule has 0 aliphatic heterocycles. The van der Waals surface area contributed by atoms with Gasteiger partial charge in [0.05, 0.1) is 44.5 Å². The van der Waals surface area contributed by atoms with E-state index >= 15 is 0 Å². The van der Waals surface area contributed by atoms with E-state index in [1.165, 1.54) is 57.4 Å². The first kappa shape index (κ1) is 53.9. The van der Waals surface area contributed by atoms with E-state index in [4.69, 9.17) is 28.4 Å². The summed E-state index contributed by atoms with van der Waals surface area (Å²) in [7, 11) is 13.3. The van der Waals surface area contributed by atoms with Crippen molar-refractivity contribution in [2.75, 3.05) is 42.7 Å². The van der Waals surface area contributed by atoms with Crippen molar-refractivity contribution in [1.82, 2.24) is 0 Å². The standard InChI is InChI=1S/C28H42O4S2.C14H21F3O2S.Ag.2FH/c1-27(2,3)23-11-19(15-29-7)25(20(12-23)16-30-8)33-34-26-21(17-31-9)13-24(28(4,5)6)14-22(26)18-32-10;1-14(2,3)12-6-10(8-18-4)13(20(15,16)17)11(7-12)9-19-5;;;/h11-14H,15-18H2,1-10H3;6-7H,8-9H2,1-5H3;;2*1H/q;;+2;;/p-2. The second-order valence-corrected chi connectivity index (χ2v) is 19.9. The molecule has 0 radical (unpaired) electrons. The Balaban J connectivity index is 0.000000598. The van der Waals surface area contributed by atoms with Gasteiger partial charge >= 0.3 is 26.9 Å². The first-order valence-electron chi connectivity index (χ1n) is 18.0. The maximum absolute atomic E-state index is 13.4. The van der Waals surface area contributed by atoms with Crippen LogP contribution in [-0.2, 0) is 105 Å². The summed E-state index contributed by atoms with van der Waals surface area (Å²) in [5, 5.41) is 0. The average molecular weight is 963 g/mol. The zero-order chi connectivity index (χ0) is 43.8. The Morgan fingerprint density at radius 1 is 0.439 bits per heavy atom. The van der Waals surface area contributed by atoms with Crippen molar-refractivity contribution in [1.29, 1.82) is 0 Å². The molecule has 0 aliphatic carbocycles. The van der Waals surface area contributed by atoms with Gasteiger partial charge in [-0.1, -0.05) is 120 Å². The summed E-state index contributed by atoms with van der Waals surface area (Å²) in [5.41, 5.74) is 8.41. The second-order valence-electron chi connectivity index (χ2n) is 16.3. The molecule has 0 aliphatic rings. The third-order valence-electron chi connectivity index (χ3n) is 8.57. The van der Waals surface area contributed by atoms with E-state index in [9.17, 15) is 17.7 Å². The third kappa shape index (κ3) is 17.4. The number of ether oxygens (including phenoxy) is 6. The number of hydrogen-bond acceptors (Lipinski definition) is 8. The normalized spacial score (nSPS) is 12.6. The Bertz CT molecular complexity index is 1510. The van der Waals surface area contributed by atoms with Gasteiger partial charge in [0, 0.05) is 52.4 Å². The van der Waals surface area contributed by atoms with Crippen molar-refractivity contribution in [2.24, 2.45) is 0 Å². The molecule has 0 N–H and O–H groups in total. The molecular formula is C42H63AgF5O6S3. The molecule has 3 rings (SSSR count). The monoisotopic (exact) mass is 961 g/mol. The molecule has 0 amide bonds. The number of rotatable bonds is 16. The van der Waals surface area contributed by atoms with Crippen LogP contribution >= 0.6 is 32.8 Å². The fraction of sp³-hybridized carbons (Fsp3) is 0.571. The van der Waals surface area contributed by atoms with E-state index < -0.39 is 36.9 Å². The van der Waals surface area contributed by atoms with Crippen molar-refractivity contribution < 1.29 is 67.0 Å². The van der Waals surface area contributed by atoms with Gasteiger partial charge in [0.25, 0.3) is 0 Å². The van der Waals surface area contributed by atoms with Crippen molar-refractivity contribution in [2.45, 2.75) is 133 Å². The van der Waals surface area contributed by atoms with Crippen molar-refractivity contribution >= 4 is 32.8 Å². The van der Waals surface area contributed by atoms with Crippen LogP contribution in [0.3, 0.4) is 0 Å². The SMILES string of the molecule is COCc1cc(C(C)(C)C)cc(COC)c1S(F)(F)F.COCc1cc(C(C)(C)C)cc(COC)c1SSc1c(COC)cc(C(C)(C)C)cc1COC.[F][Ag][F]. The van der Waals surface area contributed by atoms with Gasteiger partial charge in [0.2, 0.25) is 11.2 Å². The predicted molar refractivity (Wildman–Crippen MR) is 223 cm³/mol. The molecule has 0 bridgehead atoms. The summed E-state index contributed by atoms with van der Waals surface area (Å²) in [4.78, 5) is 1.84. The van der Waals surface area contributed by atoms with Crippen LogP contribution in [0.5, 0.6) is 0 Å². The Morgan fingerprint density at radius 3 is 0.807 bits per heavy atom. The molecule has 6 nitrogen and oxygen atoms in total. The van der Waals surface area contributed by atoms with Crippen LogP contribution in [0.15, 0.2) is 51.1 Å². The number of methoxy groups -OCH3 is 6. The van der Waals surface area contributed by atoms with Gasteiger partial charge in [-0.05, 0) is 66.3 Å². The van der Waals surface area contributed by atoms with Crippen molar-refractivity contribution in [3.8, 4) is 0 Å². The Labute approximate surface area is 359 Å². The zero-order valence-electron chi connectivity index (χ0n) is 36.1. The molecule has 0 saturated carbocycles. The first-order chi connectivity index (χ1) is 26.5. The van der Waals surface area contributed by atoms with E-state index in [0.29, 0.717) is 26.4 Å². The quantitative estimate of drug-likeness (QED) is 0.0800. The molecule has 3 aromatic rings. The molecule has 57 heavy (non-hydrogen) atoms. The van der Waals surface area contributed by atoms with Crippen LogP contribution in [0, 0.1) is 0 Å². The molecular weight excluding hydrogens is 900 g/mol.